The number of hydrogen-bond acceptors (Lipinski definition) is 7. The van der Waals surface area contributed by atoms with Gasteiger partial charge in [-0.25, -0.2) is 4.79 Å². The smallest absolute Gasteiger partial charge is 0.340 e. The summed E-state index contributed by atoms with van der Waals surface area (Å²) in [6.07, 6.45) is 3.44. The molecule has 0 aliphatic heterocycles. The van der Waals surface area contributed by atoms with Crippen molar-refractivity contribution in [1.29, 1.82) is 0 Å². The summed E-state index contributed by atoms with van der Waals surface area (Å²) in [7, 11) is 0. The summed E-state index contributed by atoms with van der Waals surface area (Å²) >= 11 is 1.27. The van der Waals surface area contributed by atoms with Crippen LogP contribution in [0.3, 0.4) is 0 Å². The summed E-state index contributed by atoms with van der Waals surface area (Å²) in [6.45, 7) is 7.53. The van der Waals surface area contributed by atoms with Crippen molar-refractivity contribution in [2.24, 2.45) is 0 Å². The van der Waals surface area contributed by atoms with Crippen molar-refractivity contribution in [2.75, 3.05) is 12.4 Å². The summed E-state index contributed by atoms with van der Waals surface area (Å²) in [5.74, 6) is 0.0387. The lowest BCUT2D eigenvalue weighted by molar-refractivity contribution is 0.0522. The van der Waals surface area contributed by atoms with Gasteiger partial charge in [-0.15, -0.1) is 10.2 Å². The number of ketones is 1. The number of esters is 1. The first-order valence-electron chi connectivity index (χ1n) is 10.9. The first-order chi connectivity index (χ1) is 16.4. The summed E-state index contributed by atoms with van der Waals surface area (Å²) < 4.78 is 7.10. The lowest BCUT2D eigenvalue weighted by atomic mass is 10.1. The number of aromatic nitrogens is 5. The van der Waals surface area contributed by atoms with E-state index in [9.17, 15) is 9.59 Å². The maximum absolute atomic E-state index is 13.3. The topological polar surface area (TPSA) is 103 Å². The highest BCUT2D eigenvalue weighted by atomic mass is 32.2. The molecular weight excluding hydrogens is 450 g/mol. The molecule has 0 atom stereocenters. The molecule has 34 heavy (non-hydrogen) atoms. The maximum Gasteiger partial charge on any atom is 0.340 e. The molecule has 0 saturated carbocycles. The molecule has 0 bridgehead atoms. The highest BCUT2D eigenvalue weighted by Crippen LogP contribution is 2.30. The van der Waals surface area contributed by atoms with Gasteiger partial charge in [0.1, 0.15) is 0 Å². The third kappa shape index (κ3) is 4.51. The molecule has 8 nitrogen and oxygen atoms in total. The summed E-state index contributed by atoms with van der Waals surface area (Å²) in [5, 5.41) is 9.37. The lowest BCUT2D eigenvalue weighted by Gasteiger charge is -2.12. The molecule has 0 aliphatic rings. The number of H-pyrrole nitrogens is 1. The third-order valence-corrected chi connectivity index (χ3v) is 6.30. The molecule has 0 saturated heterocycles. The predicted octanol–water partition coefficient (Wildman–Crippen LogP) is 4.73. The number of hydrogen-bond donors (Lipinski definition) is 1. The van der Waals surface area contributed by atoms with Crippen molar-refractivity contribution >= 4 is 23.5 Å². The summed E-state index contributed by atoms with van der Waals surface area (Å²) in [6, 6.07) is 11.7. The number of Topliss-reactive ketones (excluding diaryl/α,β-unsaturated/α-hetero) is 1. The predicted molar refractivity (Wildman–Crippen MR) is 131 cm³/mol. The van der Waals surface area contributed by atoms with Gasteiger partial charge in [-0.2, -0.15) is 0 Å². The van der Waals surface area contributed by atoms with Gasteiger partial charge in [0, 0.05) is 29.3 Å². The van der Waals surface area contributed by atoms with Crippen molar-refractivity contribution in [3.8, 4) is 17.1 Å². The van der Waals surface area contributed by atoms with E-state index < -0.39 is 5.97 Å². The molecule has 0 radical (unpaired) electrons. The average Bonchev–Trinajstić information content (AvgIpc) is 3.38. The number of aromatic amines is 1. The zero-order valence-electron chi connectivity index (χ0n) is 19.5. The molecule has 0 aliphatic carbocycles. The standard InChI is InChI=1S/C25H25N5O3S/c1-5-33-24(32)22-17(4)27-16(3)21(22)20(31)14-34-25-29-28-23(18-10-8-12-26-13-18)30(25)19-11-7-6-9-15(19)2/h6-13,27H,5,14H2,1-4H3. The molecule has 0 spiro atoms. The Morgan fingerprint density at radius 1 is 1.03 bits per heavy atom. The van der Waals surface area contributed by atoms with E-state index in [0.29, 0.717) is 33.5 Å². The van der Waals surface area contributed by atoms with Crippen LogP contribution >= 0.6 is 11.8 Å². The van der Waals surface area contributed by atoms with Gasteiger partial charge >= 0.3 is 5.97 Å². The minimum Gasteiger partial charge on any atom is -0.462 e. The van der Waals surface area contributed by atoms with Crippen LogP contribution in [-0.4, -0.2) is 48.8 Å². The molecule has 1 aromatic carbocycles. The van der Waals surface area contributed by atoms with Crippen LogP contribution in [-0.2, 0) is 4.74 Å². The van der Waals surface area contributed by atoms with E-state index in [1.165, 1.54) is 11.8 Å². The zero-order chi connectivity index (χ0) is 24.2. The van der Waals surface area contributed by atoms with Gasteiger partial charge in [0.05, 0.1) is 29.2 Å². The fraction of sp³-hybridized carbons (Fsp3) is 0.240. The molecule has 1 N–H and O–H groups in total. The maximum atomic E-state index is 13.3. The van der Waals surface area contributed by atoms with Gasteiger partial charge in [-0.3, -0.25) is 14.3 Å². The van der Waals surface area contributed by atoms with Crippen LogP contribution in [0.25, 0.3) is 17.1 Å². The monoisotopic (exact) mass is 475 g/mol. The fourth-order valence-electron chi connectivity index (χ4n) is 3.87. The molecule has 9 heteroatoms. The molecule has 0 unspecified atom stereocenters. The van der Waals surface area contributed by atoms with Crippen molar-refractivity contribution in [1.82, 2.24) is 24.7 Å². The Morgan fingerprint density at radius 3 is 2.50 bits per heavy atom. The molecule has 0 fully saturated rings. The number of carbonyl (C=O) groups is 2. The van der Waals surface area contributed by atoms with Crippen LogP contribution in [0.1, 0.15) is 44.6 Å². The number of pyridine rings is 1. The zero-order valence-corrected chi connectivity index (χ0v) is 20.3. The average molecular weight is 476 g/mol. The number of nitrogens with one attached hydrogen (secondary N) is 1. The van der Waals surface area contributed by atoms with Gasteiger partial charge in [-0.05, 0) is 51.5 Å². The van der Waals surface area contributed by atoms with E-state index in [4.69, 9.17) is 4.74 Å². The van der Waals surface area contributed by atoms with E-state index in [2.05, 4.69) is 20.2 Å². The van der Waals surface area contributed by atoms with Crippen LogP contribution in [0, 0.1) is 20.8 Å². The Morgan fingerprint density at radius 2 is 1.79 bits per heavy atom. The van der Waals surface area contributed by atoms with E-state index in [1.54, 1.807) is 33.2 Å². The number of nitrogens with zero attached hydrogens (tertiary/aromatic N) is 4. The minimum atomic E-state index is -0.500. The van der Waals surface area contributed by atoms with Gasteiger partial charge in [-0.1, -0.05) is 30.0 Å². The number of carbonyl (C=O) groups excluding carboxylic acids is 2. The second-order valence-corrected chi connectivity index (χ2v) is 8.67. The van der Waals surface area contributed by atoms with Gasteiger partial charge < -0.3 is 9.72 Å². The second kappa shape index (κ2) is 10.0. The summed E-state index contributed by atoms with van der Waals surface area (Å²) in [5.41, 5.74) is 4.69. The largest absolute Gasteiger partial charge is 0.462 e. The number of rotatable bonds is 8. The normalized spacial score (nSPS) is 10.9. The molecule has 3 aromatic heterocycles. The van der Waals surface area contributed by atoms with Gasteiger partial charge in [0.15, 0.2) is 16.8 Å². The Balaban J connectivity index is 1.69. The highest BCUT2D eigenvalue weighted by Gasteiger charge is 2.26. The molecular formula is C25H25N5O3S. The SMILES string of the molecule is CCOC(=O)c1c(C)[nH]c(C)c1C(=O)CSc1nnc(-c2cccnc2)n1-c1ccccc1C. The minimum absolute atomic E-state index is 0.0849. The third-order valence-electron chi connectivity index (χ3n) is 5.38. The van der Waals surface area contributed by atoms with Crippen LogP contribution < -0.4 is 0 Å². The Kier molecular flexibility index (Phi) is 6.93. The molecule has 4 rings (SSSR count). The second-order valence-electron chi connectivity index (χ2n) is 7.73. The first kappa shape index (κ1) is 23.4. The lowest BCUT2D eigenvalue weighted by Crippen LogP contribution is -2.13. The van der Waals surface area contributed by atoms with Gasteiger partial charge in [0.2, 0.25) is 0 Å². The Labute approximate surface area is 201 Å². The van der Waals surface area contributed by atoms with Crippen LogP contribution in [0.2, 0.25) is 0 Å². The Hall–Kier alpha value is -3.72. The van der Waals surface area contributed by atoms with Crippen molar-refractivity contribution in [3.05, 3.63) is 76.9 Å². The van der Waals surface area contributed by atoms with Crippen LogP contribution in [0.4, 0.5) is 0 Å². The molecule has 174 valence electrons. The number of para-hydroxylation sites is 1. The number of aryl methyl sites for hydroxylation is 3. The fourth-order valence-corrected chi connectivity index (χ4v) is 4.68. The van der Waals surface area contributed by atoms with Crippen LogP contribution in [0.15, 0.2) is 53.9 Å². The van der Waals surface area contributed by atoms with Crippen molar-refractivity contribution in [2.45, 2.75) is 32.9 Å². The van der Waals surface area contributed by atoms with Crippen LogP contribution in [0.5, 0.6) is 0 Å². The summed E-state index contributed by atoms with van der Waals surface area (Å²) in [4.78, 5) is 33.0. The Bertz CT molecular complexity index is 1340. The number of thioether (sulfide) groups is 1. The quantitative estimate of drug-likeness (QED) is 0.223. The number of ether oxygens (including phenoxy) is 1. The molecule has 3 heterocycles. The van der Waals surface area contributed by atoms with E-state index >= 15 is 0 Å². The van der Waals surface area contributed by atoms with Crippen molar-refractivity contribution in [3.63, 3.8) is 0 Å². The van der Waals surface area contributed by atoms with Gasteiger partial charge in [0.25, 0.3) is 0 Å². The molecule has 0 amide bonds. The number of benzene rings is 1. The van der Waals surface area contributed by atoms with E-state index in [0.717, 1.165) is 16.8 Å². The molecule has 4 aromatic rings. The van der Waals surface area contributed by atoms with E-state index in [1.807, 2.05) is 47.9 Å². The van der Waals surface area contributed by atoms with Crippen molar-refractivity contribution < 1.29 is 14.3 Å². The first-order valence-corrected chi connectivity index (χ1v) is 11.8. The highest BCUT2D eigenvalue weighted by molar-refractivity contribution is 7.99. The van der Waals surface area contributed by atoms with E-state index in [-0.39, 0.29) is 18.1 Å².